The Bertz CT molecular complexity index is 577. The third kappa shape index (κ3) is 1.86. The molecule has 1 saturated heterocycles. The fourth-order valence-corrected chi connectivity index (χ4v) is 2.36. The van der Waals surface area contributed by atoms with Crippen LogP contribution < -0.4 is 5.32 Å². The summed E-state index contributed by atoms with van der Waals surface area (Å²) >= 11 is 0. The molecule has 0 radical (unpaired) electrons. The van der Waals surface area contributed by atoms with Gasteiger partial charge in [-0.1, -0.05) is 0 Å². The second kappa shape index (κ2) is 4.42. The average Bonchev–Trinajstić information content (AvgIpc) is 2.85. The van der Waals surface area contributed by atoms with Crippen molar-refractivity contribution in [2.75, 3.05) is 19.6 Å². The highest BCUT2D eigenvalue weighted by Crippen LogP contribution is 2.11. The molecule has 94 valence electrons. The summed E-state index contributed by atoms with van der Waals surface area (Å²) in [4.78, 5) is 18.5. The number of imidazole rings is 1. The minimum Gasteiger partial charge on any atom is -0.333 e. The van der Waals surface area contributed by atoms with E-state index in [1.807, 2.05) is 33.8 Å². The largest absolute Gasteiger partial charge is 0.333 e. The molecule has 5 heteroatoms. The first kappa shape index (κ1) is 11.2. The maximum absolute atomic E-state index is 12.4. The molecule has 1 aliphatic heterocycles. The molecule has 2 aromatic heterocycles. The monoisotopic (exact) mass is 244 g/mol. The van der Waals surface area contributed by atoms with Crippen molar-refractivity contribution in [1.82, 2.24) is 19.6 Å². The van der Waals surface area contributed by atoms with Crippen LogP contribution in [0, 0.1) is 0 Å². The number of rotatable bonds is 1. The summed E-state index contributed by atoms with van der Waals surface area (Å²) in [6, 6.07) is 3.96. The van der Waals surface area contributed by atoms with E-state index < -0.39 is 0 Å². The van der Waals surface area contributed by atoms with E-state index in [1.54, 1.807) is 6.20 Å². The van der Waals surface area contributed by atoms with Crippen molar-refractivity contribution in [3.8, 4) is 0 Å². The standard InChI is InChI=1S/C13H16N4O/c1-10-8-14-4-7-17(10)13(18)11-2-3-12-15-5-6-16(12)9-11/h2-3,5-6,9-10,14H,4,7-8H2,1H3/t10-/m0/s1. The quantitative estimate of drug-likeness (QED) is 0.806. The molecule has 1 fully saturated rings. The lowest BCUT2D eigenvalue weighted by molar-refractivity contribution is 0.0655. The van der Waals surface area contributed by atoms with Gasteiger partial charge in [-0.15, -0.1) is 0 Å². The predicted octanol–water partition coefficient (Wildman–Crippen LogP) is 0.768. The van der Waals surface area contributed by atoms with Crippen molar-refractivity contribution in [1.29, 1.82) is 0 Å². The molecule has 0 bridgehead atoms. The van der Waals surface area contributed by atoms with Gasteiger partial charge in [0.2, 0.25) is 0 Å². The summed E-state index contributed by atoms with van der Waals surface area (Å²) in [6.45, 7) is 4.56. The zero-order chi connectivity index (χ0) is 12.5. The topological polar surface area (TPSA) is 49.6 Å². The van der Waals surface area contributed by atoms with E-state index in [0.29, 0.717) is 5.56 Å². The molecule has 0 aliphatic carbocycles. The second-order valence-corrected chi connectivity index (χ2v) is 4.66. The smallest absolute Gasteiger partial charge is 0.255 e. The number of hydrogen-bond acceptors (Lipinski definition) is 3. The van der Waals surface area contributed by atoms with Crippen LogP contribution in [0.2, 0.25) is 0 Å². The zero-order valence-electron chi connectivity index (χ0n) is 10.3. The summed E-state index contributed by atoms with van der Waals surface area (Å²) in [7, 11) is 0. The number of nitrogens with one attached hydrogen (secondary N) is 1. The summed E-state index contributed by atoms with van der Waals surface area (Å²) < 4.78 is 1.88. The number of nitrogens with zero attached hydrogens (tertiary/aromatic N) is 3. The fraction of sp³-hybridized carbons (Fsp3) is 0.385. The Kier molecular flexibility index (Phi) is 2.76. The van der Waals surface area contributed by atoms with Gasteiger partial charge in [0.15, 0.2) is 0 Å². The van der Waals surface area contributed by atoms with Crippen molar-refractivity contribution in [2.45, 2.75) is 13.0 Å². The Morgan fingerprint density at radius 3 is 3.22 bits per heavy atom. The predicted molar refractivity (Wildman–Crippen MR) is 68.6 cm³/mol. The van der Waals surface area contributed by atoms with Crippen molar-refractivity contribution in [3.63, 3.8) is 0 Å². The van der Waals surface area contributed by atoms with E-state index in [4.69, 9.17) is 0 Å². The average molecular weight is 244 g/mol. The number of carbonyl (C=O) groups is 1. The van der Waals surface area contributed by atoms with Gasteiger partial charge in [-0.05, 0) is 19.1 Å². The number of pyridine rings is 1. The van der Waals surface area contributed by atoms with E-state index in [-0.39, 0.29) is 11.9 Å². The summed E-state index contributed by atoms with van der Waals surface area (Å²) in [5, 5.41) is 3.29. The minimum atomic E-state index is 0.0969. The number of amides is 1. The molecule has 0 saturated carbocycles. The van der Waals surface area contributed by atoms with E-state index in [0.717, 1.165) is 25.3 Å². The lowest BCUT2D eigenvalue weighted by Crippen LogP contribution is -2.52. The molecule has 3 heterocycles. The van der Waals surface area contributed by atoms with E-state index in [9.17, 15) is 4.79 Å². The Balaban J connectivity index is 1.90. The number of aromatic nitrogens is 2. The van der Waals surface area contributed by atoms with Gasteiger partial charge in [0.05, 0.1) is 5.56 Å². The zero-order valence-corrected chi connectivity index (χ0v) is 10.3. The van der Waals surface area contributed by atoms with Gasteiger partial charge in [-0.25, -0.2) is 4.98 Å². The lowest BCUT2D eigenvalue weighted by Gasteiger charge is -2.34. The summed E-state index contributed by atoms with van der Waals surface area (Å²) in [5.41, 5.74) is 1.58. The number of piperazine rings is 1. The maximum Gasteiger partial charge on any atom is 0.255 e. The Morgan fingerprint density at radius 1 is 1.50 bits per heavy atom. The third-order valence-electron chi connectivity index (χ3n) is 3.40. The lowest BCUT2D eigenvalue weighted by atomic mass is 10.1. The first-order valence-electron chi connectivity index (χ1n) is 6.20. The van der Waals surface area contributed by atoms with Crippen LogP contribution in [0.25, 0.3) is 5.65 Å². The molecule has 3 rings (SSSR count). The summed E-state index contributed by atoms with van der Waals surface area (Å²) in [5.74, 6) is 0.0969. The maximum atomic E-state index is 12.4. The molecule has 1 atom stereocenters. The van der Waals surface area contributed by atoms with Crippen LogP contribution in [0.1, 0.15) is 17.3 Å². The molecular formula is C13H16N4O. The van der Waals surface area contributed by atoms with Gasteiger partial charge in [0, 0.05) is 44.3 Å². The molecule has 1 aliphatic rings. The first-order chi connectivity index (χ1) is 8.75. The molecule has 0 aromatic carbocycles. The van der Waals surface area contributed by atoms with Gasteiger partial charge in [-0.3, -0.25) is 4.79 Å². The Morgan fingerprint density at radius 2 is 2.39 bits per heavy atom. The van der Waals surface area contributed by atoms with Crippen molar-refractivity contribution in [3.05, 3.63) is 36.3 Å². The van der Waals surface area contributed by atoms with Gasteiger partial charge in [0.1, 0.15) is 5.65 Å². The molecule has 18 heavy (non-hydrogen) atoms. The molecule has 0 unspecified atom stereocenters. The Hall–Kier alpha value is -1.88. The second-order valence-electron chi connectivity index (χ2n) is 4.66. The third-order valence-corrected chi connectivity index (χ3v) is 3.40. The van der Waals surface area contributed by atoms with Crippen LogP contribution in [-0.2, 0) is 0 Å². The SMILES string of the molecule is C[C@H]1CNCCN1C(=O)c1ccc2nccn2c1. The molecule has 1 N–H and O–H groups in total. The van der Waals surface area contributed by atoms with Gasteiger partial charge in [0.25, 0.3) is 5.91 Å². The first-order valence-corrected chi connectivity index (χ1v) is 6.20. The van der Waals surface area contributed by atoms with Crippen LogP contribution in [0.5, 0.6) is 0 Å². The van der Waals surface area contributed by atoms with Gasteiger partial charge in [-0.2, -0.15) is 0 Å². The molecular weight excluding hydrogens is 228 g/mol. The highest BCUT2D eigenvalue weighted by atomic mass is 16.2. The van der Waals surface area contributed by atoms with Gasteiger partial charge >= 0.3 is 0 Å². The van der Waals surface area contributed by atoms with Crippen LogP contribution >= 0.6 is 0 Å². The molecule has 0 spiro atoms. The van der Waals surface area contributed by atoms with Crippen LogP contribution in [0.4, 0.5) is 0 Å². The van der Waals surface area contributed by atoms with Crippen molar-refractivity contribution >= 4 is 11.6 Å². The molecule has 1 amide bonds. The fourth-order valence-electron chi connectivity index (χ4n) is 2.36. The highest BCUT2D eigenvalue weighted by Gasteiger charge is 2.24. The molecule has 2 aromatic rings. The van der Waals surface area contributed by atoms with E-state index in [2.05, 4.69) is 17.2 Å². The van der Waals surface area contributed by atoms with Crippen LogP contribution in [0.15, 0.2) is 30.7 Å². The molecule has 5 nitrogen and oxygen atoms in total. The van der Waals surface area contributed by atoms with Crippen LogP contribution in [-0.4, -0.2) is 45.9 Å². The van der Waals surface area contributed by atoms with E-state index in [1.165, 1.54) is 0 Å². The van der Waals surface area contributed by atoms with E-state index >= 15 is 0 Å². The van der Waals surface area contributed by atoms with Crippen LogP contribution in [0.3, 0.4) is 0 Å². The number of fused-ring (bicyclic) bond motifs is 1. The van der Waals surface area contributed by atoms with Gasteiger partial charge < -0.3 is 14.6 Å². The number of carbonyl (C=O) groups excluding carboxylic acids is 1. The number of hydrogen-bond donors (Lipinski definition) is 1. The minimum absolute atomic E-state index is 0.0969. The van der Waals surface area contributed by atoms with Crippen molar-refractivity contribution < 1.29 is 4.79 Å². The highest BCUT2D eigenvalue weighted by molar-refractivity contribution is 5.94. The Labute approximate surface area is 105 Å². The van der Waals surface area contributed by atoms with Crippen molar-refractivity contribution in [2.24, 2.45) is 0 Å². The summed E-state index contributed by atoms with van der Waals surface area (Å²) in [6.07, 6.45) is 5.43. The normalized spacial score (nSPS) is 20.3.